The molecule has 0 unspecified atom stereocenters. The first-order valence-electron chi connectivity index (χ1n) is 6.63. The number of carbonyl (C=O) groups excluding carboxylic acids is 1. The molecule has 1 amide bonds. The highest BCUT2D eigenvalue weighted by molar-refractivity contribution is 9.11. The number of hydrogen-bond acceptors (Lipinski definition) is 5. The summed E-state index contributed by atoms with van der Waals surface area (Å²) in [6, 6.07) is 3.36. The summed E-state index contributed by atoms with van der Waals surface area (Å²) < 4.78 is 17.5. The molecule has 1 aromatic carbocycles. The predicted molar refractivity (Wildman–Crippen MR) is 85.6 cm³/mol. The average Bonchev–Trinajstić information content (AvgIpc) is 3.14. The Morgan fingerprint density at radius 3 is 2.73 bits per heavy atom. The van der Waals surface area contributed by atoms with Gasteiger partial charge in [0.2, 0.25) is 0 Å². The summed E-state index contributed by atoms with van der Waals surface area (Å²) in [4.78, 5) is 12.1. The largest absolute Gasteiger partial charge is 0.451 e. The van der Waals surface area contributed by atoms with E-state index in [2.05, 4.69) is 37.2 Å². The first-order chi connectivity index (χ1) is 10.6. The van der Waals surface area contributed by atoms with E-state index in [1.807, 2.05) is 0 Å². The Morgan fingerprint density at radius 1 is 1.32 bits per heavy atom. The molecule has 0 aliphatic carbocycles. The Hall–Kier alpha value is -0.930. The van der Waals surface area contributed by atoms with Gasteiger partial charge in [-0.25, -0.2) is 0 Å². The molecule has 0 bridgehead atoms. The summed E-state index contributed by atoms with van der Waals surface area (Å²) in [5, 5.41) is 12.8. The van der Waals surface area contributed by atoms with Crippen LogP contribution in [-0.2, 0) is 16.1 Å². The molecule has 0 saturated carbocycles. The van der Waals surface area contributed by atoms with E-state index in [1.54, 1.807) is 12.1 Å². The standard InChI is InChI=1S/C14H13Br2NO5/c15-9-4-10-7(13(16)8(9)6-18)3-11(22-10)14(19)17-5-12-20-1-2-21-12/h3-4,12,18H,1-2,5-6H2,(H,17,19). The minimum atomic E-state index is -0.407. The Kier molecular flexibility index (Phi) is 4.84. The van der Waals surface area contributed by atoms with Gasteiger partial charge in [0.05, 0.1) is 26.4 Å². The van der Waals surface area contributed by atoms with Gasteiger partial charge in [-0.15, -0.1) is 0 Å². The van der Waals surface area contributed by atoms with E-state index in [0.717, 1.165) is 5.39 Å². The van der Waals surface area contributed by atoms with Crippen molar-refractivity contribution in [1.82, 2.24) is 5.32 Å². The molecule has 1 fully saturated rings. The van der Waals surface area contributed by atoms with E-state index < -0.39 is 6.29 Å². The Labute approximate surface area is 143 Å². The highest BCUT2D eigenvalue weighted by Crippen LogP contribution is 2.35. The lowest BCUT2D eigenvalue weighted by molar-refractivity contribution is -0.0380. The van der Waals surface area contributed by atoms with Crippen molar-refractivity contribution in [3.63, 3.8) is 0 Å². The maximum Gasteiger partial charge on any atom is 0.287 e. The fourth-order valence-corrected chi connectivity index (χ4v) is 3.64. The molecule has 3 rings (SSSR count). The molecule has 1 saturated heterocycles. The predicted octanol–water partition coefficient (Wildman–Crippen LogP) is 2.55. The third-order valence-corrected chi connectivity index (χ3v) is 4.92. The molecular formula is C14H13Br2NO5. The lowest BCUT2D eigenvalue weighted by atomic mass is 10.1. The number of rotatable bonds is 4. The zero-order valence-corrected chi connectivity index (χ0v) is 14.6. The number of amides is 1. The first kappa shape index (κ1) is 15.9. The Balaban J connectivity index is 1.82. The van der Waals surface area contributed by atoms with Gasteiger partial charge in [-0.1, -0.05) is 15.9 Å². The van der Waals surface area contributed by atoms with Crippen LogP contribution in [0.3, 0.4) is 0 Å². The fraction of sp³-hybridized carbons (Fsp3) is 0.357. The van der Waals surface area contributed by atoms with Gasteiger partial charge in [0.25, 0.3) is 5.91 Å². The third-order valence-electron chi connectivity index (χ3n) is 3.31. The summed E-state index contributed by atoms with van der Waals surface area (Å²) in [5.74, 6) is -0.153. The summed E-state index contributed by atoms with van der Waals surface area (Å²) in [7, 11) is 0. The second-order valence-corrected chi connectivity index (χ2v) is 6.36. The van der Waals surface area contributed by atoms with Gasteiger partial charge >= 0.3 is 0 Å². The molecule has 0 atom stereocenters. The van der Waals surface area contributed by atoms with Crippen molar-refractivity contribution in [2.45, 2.75) is 12.9 Å². The van der Waals surface area contributed by atoms with Crippen LogP contribution in [-0.4, -0.2) is 37.1 Å². The monoisotopic (exact) mass is 433 g/mol. The van der Waals surface area contributed by atoms with Crippen molar-refractivity contribution >= 4 is 48.7 Å². The molecule has 0 spiro atoms. The molecule has 2 heterocycles. The van der Waals surface area contributed by atoms with Gasteiger partial charge in [-0.2, -0.15) is 0 Å². The SMILES string of the molecule is O=C(NCC1OCCO1)c1cc2c(Br)c(CO)c(Br)cc2o1. The lowest BCUT2D eigenvalue weighted by Crippen LogP contribution is -2.32. The third kappa shape index (κ3) is 3.07. The average molecular weight is 435 g/mol. The van der Waals surface area contributed by atoms with Gasteiger partial charge < -0.3 is 24.3 Å². The summed E-state index contributed by atoms with van der Waals surface area (Å²) >= 11 is 6.79. The van der Waals surface area contributed by atoms with Gasteiger partial charge in [-0.3, -0.25) is 4.79 Å². The Morgan fingerprint density at radius 2 is 2.05 bits per heavy atom. The number of halogens is 2. The van der Waals surface area contributed by atoms with Crippen LogP contribution >= 0.6 is 31.9 Å². The smallest absolute Gasteiger partial charge is 0.287 e. The number of ether oxygens (including phenoxy) is 2. The van der Waals surface area contributed by atoms with Crippen molar-refractivity contribution in [1.29, 1.82) is 0 Å². The van der Waals surface area contributed by atoms with E-state index in [4.69, 9.17) is 13.9 Å². The van der Waals surface area contributed by atoms with Crippen LogP contribution in [0.25, 0.3) is 11.0 Å². The van der Waals surface area contributed by atoms with E-state index in [9.17, 15) is 9.90 Å². The first-order valence-corrected chi connectivity index (χ1v) is 8.21. The molecule has 0 radical (unpaired) electrons. The number of nitrogens with one attached hydrogen (secondary N) is 1. The van der Waals surface area contributed by atoms with E-state index >= 15 is 0 Å². The van der Waals surface area contributed by atoms with Crippen LogP contribution in [0, 0.1) is 0 Å². The van der Waals surface area contributed by atoms with E-state index in [-0.39, 0.29) is 24.8 Å². The van der Waals surface area contributed by atoms with Crippen LogP contribution in [0.4, 0.5) is 0 Å². The second kappa shape index (κ2) is 6.67. The van der Waals surface area contributed by atoms with E-state index in [0.29, 0.717) is 33.3 Å². The number of aliphatic hydroxyl groups is 1. The maximum absolute atomic E-state index is 12.1. The van der Waals surface area contributed by atoms with Gasteiger partial charge in [0, 0.05) is 19.9 Å². The molecule has 22 heavy (non-hydrogen) atoms. The summed E-state index contributed by atoms with van der Waals surface area (Å²) in [5.41, 5.74) is 1.25. The van der Waals surface area contributed by atoms with Crippen molar-refractivity contribution in [3.05, 3.63) is 32.4 Å². The summed E-state index contributed by atoms with van der Waals surface area (Å²) in [6.07, 6.45) is -0.407. The molecule has 2 N–H and O–H groups in total. The van der Waals surface area contributed by atoms with Crippen LogP contribution in [0.2, 0.25) is 0 Å². The van der Waals surface area contributed by atoms with Crippen molar-refractivity contribution in [2.75, 3.05) is 19.8 Å². The maximum atomic E-state index is 12.1. The van der Waals surface area contributed by atoms with Gasteiger partial charge in [0.15, 0.2) is 12.1 Å². The lowest BCUT2D eigenvalue weighted by Gasteiger charge is -2.08. The molecule has 2 aromatic rings. The number of aliphatic hydroxyl groups excluding tert-OH is 1. The number of fused-ring (bicyclic) bond motifs is 1. The van der Waals surface area contributed by atoms with Crippen LogP contribution in [0.15, 0.2) is 25.5 Å². The zero-order valence-electron chi connectivity index (χ0n) is 11.4. The van der Waals surface area contributed by atoms with Crippen molar-refractivity contribution < 1.29 is 23.8 Å². The zero-order chi connectivity index (χ0) is 15.7. The molecular weight excluding hydrogens is 422 g/mol. The van der Waals surface area contributed by atoms with E-state index in [1.165, 1.54) is 0 Å². The minimum Gasteiger partial charge on any atom is -0.451 e. The van der Waals surface area contributed by atoms with Gasteiger partial charge in [0.1, 0.15) is 5.58 Å². The number of hydrogen-bond donors (Lipinski definition) is 2. The topological polar surface area (TPSA) is 80.9 Å². The van der Waals surface area contributed by atoms with Crippen molar-refractivity contribution in [2.24, 2.45) is 0 Å². The Bertz CT molecular complexity index is 709. The quantitative estimate of drug-likeness (QED) is 0.772. The fourth-order valence-electron chi connectivity index (χ4n) is 2.20. The van der Waals surface area contributed by atoms with Crippen LogP contribution < -0.4 is 5.32 Å². The highest BCUT2D eigenvalue weighted by atomic mass is 79.9. The highest BCUT2D eigenvalue weighted by Gasteiger charge is 2.20. The molecule has 8 heteroatoms. The molecule has 6 nitrogen and oxygen atoms in total. The number of carbonyl (C=O) groups is 1. The van der Waals surface area contributed by atoms with Crippen molar-refractivity contribution in [3.8, 4) is 0 Å². The molecule has 1 aliphatic heterocycles. The number of furan rings is 1. The molecule has 1 aromatic heterocycles. The van der Waals surface area contributed by atoms with Gasteiger partial charge in [-0.05, 0) is 28.1 Å². The van der Waals surface area contributed by atoms with Crippen LogP contribution in [0.1, 0.15) is 16.1 Å². The molecule has 1 aliphatic rings. The van der Waals surface area contributed by atoms with Crippen LogP contribution in [0.5, 0.6) is 0 Å². The minimum absolute atomic E-state index is 0.125. The summed E-state index contributed by atoms with van der Waals surface area (Å²) in [6.45, 7) is 1.22. The normalized spacial score (nSPS) is 15.6. The molecule has 118 valence electrons. The number of benzene rings is 1. The second-order valence-electron chi connectivity index (χ2n) is 4.71.